The predicted octanol–water partition coefficient (Wildman–Crippen LogP) is 4.13. The van der Waals surface area contributed by atoms with Crippen molar-refractivity contribution in [1.82, 2.24) is 4.57 Å². The summed E-state index contributed by atoms with van der Waals surface area (Å²) < 4.78 is 7.26. The highest BCUT2D eigenvalue weighted by Gasteiger charge is 2.33. The Bertz CT molecular complexity index is 1370. The van der Waals surface area contributed by atoms with Crippen LogP contribution in [0.3, 0.4) is 0 Å². The van der Waals surface area contributed by atoms with Crippen molar-refractivity contribution in [2.75, 3.05) is 11.9 Å². The smallest absolute Gasteiger partial charge is 0.338 e. The number of halogens is 2. The molecule has 1 N–H and O–H groups in total. The van der Waals surface area contributed by atoms with Gasteiger partial charge in [0.25, 0.3) is 5.56 Å². The number of esters is 1. The summed E-state index contributed by atoms with van der Waals surface area (Å²) in [5, 5.41) is 4.30. The van der Waals surface area contributed by atoms with E-state index < -0.39 is 12.0 Å². The number of carbonyl (C=O) groups is 1. The molecule has 164 valence electrons. The minimum Gasteiger partial charge on any atom is -0.463 e. The van der Waals surface area contributed by atoms with E-state index in [0.717, 1.165) is 11.3 Å². The van der Waals surface area contributed by atoms with Crippen LogP contribution in [-0.4, -0.2) is 17.1 Å². The number of hydrogen-bond acceptors (Lipinski definition) is 6. The van der Waals surface area contributed by atoms with Gasteiger partial charge in [-0.1, -0.05) is 46.7 Å². The Morgan fingerprint density at radius 2 is 1.78 bits per heavy atom. The maximum absolute atomic E-state index is 13.4. The molecular weight excluding hydrogens is 469 g/mol. The highest BCUT2D eigenvalue weighted by molar-refractivity contribution is 7.07. The van der Waals surface area contributed by atoms with Crippen LogP contribution in [0.5, 0.6) is 0 Å². The molecule has 1 aliphatic rings. The lowest BCUT2D eigenvalue weighted by molar-refractivity contribution is -0.139. The lowest BCUT2D eigenvalue weighted by Crippen LogP contribution is -2.40. The summed E-state index contributed by atoms with van der Waals surface area (Å²) in [6.07, 6.45) is 1.63. The normalized spacial score (nSPS) is 15.9. The first kappa shape index (κ1) is 22.3. The number of thiazole rings is 1. The summed E-state index contributed by atoms with van der Waals surface area (Å²) in [7, 11) is 0. The molecule has 2 heterocycles. The summed E-state index contributed by atoms with van der Waals surface area (Å²) in [6.45, 7) is 3.71. The van der Waals surface area contributed by atoms with Gasteiger partial charge in [0.15, 0.2) is 4.80 Å². The molecule has 0 spiro atoms. The van der Waals surface area contributed by atoms with Crippen LogP contribution in [-0.2, 0) is 9.53 Å². The van der Waals surface area contributed by atoms with Crippen LogP contribution < -0.4 is 20.2 Å². The van der Waals surface area contributed by atoms with Crippen molar-refractivity contribution >= 4 is 52.4 Å². The topological polar surface area (TPSA) is 72.7 Å². The lowest BCUT2D eigenvalue weighted by Gasteiger charge is -2.24. The molecule has 0 unspecified atom stereocenters. The van der Waals surface area contributed by atoms with E-state index in [0.29, 0.717) is 30.6 Å². The van der Waals surface area contributed by atoms with Gasteiger partial charge in [-0.3, -0.25) is 9.36 Å². The number of carbonyl (C=O) groups excluding carboxylic acids is 1. The molecule has 0 saturated carbocycles. The number of nitrogens with zero attached hydrogens (tertiary/aromatic N) is 2. The second-order valence-electron chi connectivity index (χ2n) is 7.01. The fourth-order valence-electron chi connectivity index (χ4n) is 3.45. The molecular formula is C23H19Cl2N3O3S. The number of fused-ring (bicyclic) bond motifs is 1. The third-order valence-electron chi connectivity index (χ3n) is 4.92. The van der Waals surface area contributed by atoms with E-state index in [4.69, 9.17) is 27.9 Å². The number of anilines is 1. The number of benzene rings is 2. The number of hydrogen-bond donors (Lipinski definition) is 1. The van der Waals surface area contributed by atoms with Gasteiger partial charge in [0.05, 0.1) is 23.9 Å². The Morgan fingerprint density at radius 3 is 2.41 bits per heavy atom. The number of allylic oxidation sites excluding steroid dienone is 1. The molecule has 32 heavy (non-hydrogen) atoms. The maximum atomic E-state index is 13.4. The minimum atomic E-state index is -0.666. The summed E-state index contributed by atoms with van der Waals surface area (Å²) in [5.41, 5.74) is 2.12. The first-order valence-electron chi connectivity index (χ1n) is 9.84. The van der Waals surface area contributed by atoms with E-state index in [1.54, 1.807) is 56.4 Å². The van der Waals surface area contributed by atoms with E-state index in [1.807, 2.05) is 12.1 Å². The minimum absolute atomic E-state index is 0.221. The molecule has 0 fully saturated rings. The first-order valence-corrected chi connectivity index (χ1v) is 11.4. The molecule has 4 rings (SSSR count). The van der Waals surface area contributed by atoms with E-state index in [9.17, 15) is 9.59 Å². The largest absolute Gasteiger partial charge is 0.463 e. The molecule has 0 bridgehead atoms. The summed E-state index contributed by atoms with van der Waals surface area (Å²) in [5.74, 6) is -0.498. The van der Waals surface area contributed by atoms with Crippen LogP contribution >= 0.6 is 34.5 Å². The molecule has 9 heteroatoms. The van der Waals surface area contributed by atoms with Gasteiger partial charge >= 0.3 is 5.97 Å². The molecule has 3 aromatic rings. The fraction of sp³-hybridized carbons (Fsp3) is 0.174. The van der Waals surface area contributed by atoms with Gasteiger partial charge in [-0.05, 0) is 55.8 Å². The van der Waals surface area contributed by atoms with Crippen molar-refractivity contribution in [2.45, 2.75) is 19.9 Å². The molecule has 2 aromatic carbocycles. The van der Waals surface area contributed by atoms with Gasteiger partial charge in [-0.2, -0.15) is 0 Å². The van der Waals surface area contributed by atoms with Gasteiger partial charge in [0.2, 0.25) is 0 Å². The summed E-state index contributed by atoms with van der Waals surface area (Å²) in [4.78, 5) is 31.3. The monoisotopic (exact) mass is 487 g/mol. The quantitative estimate of drug-likeness (QED) is 0.549. The molecule has 0 amide bonds. The highest BCUT2D eigenvalue weighted by Crippen LogP contribution is 2.31. The van der Waals surface area contributed by atoms with Crippen LogP contribution in [0.2, 0.25) is 10.0 Å². The van der Waals surface area contributed by atoms with Crippen molar-refractivity contribution in [3.63, 3.8) is 0 Å². The van der Waals surface area contributed by atoms with Crippen molar-refractivity contribution in [3.05, 3.63) is 95.1 Å². The van der Waals surface area contributed by atoms with Crippen molar-refractivity contribution in [2.24, 2.45) is 4.99 Å². The Hall–Kier alpha value is -2.87. The second-order valence-corrected chi connectivity index (χ2v) is 8.89. The van der Waals surface area contributed by atoms with Gasteiger partial charge < -0.3 is 10.1 Å². The Balaban J connectivity index is 1.85. The number of ether oxygens (including phenoxy) is 1. The Labute approximate surface area is 198 Å². The Morgan fingerprint density at radius 1 is 1.16 bits per heavy atom. The van der Waals surface area contributed by atoms with Crippen molar-refractivity contribution in [3.8, 4) is 0 Å². The average Bonchev–Trinajstić information content (AvgIpc) is 3.08. The number of rotatable bonds is 5. The molecule has 1 aromatic heterocycles. The number of aromatic nitrogens is 1. The van der Waals surface area contributed by atoms with E-state index in [-0.39, 0.29) is 12.2 Å². The first-order chi connectivity index (χ1) is 15.4. The molecule has 6 nitrogen and oxygen atoms in total. The van der Waals surface area contributed by atoms with Crippen molar-refractivity contribution < 1.29 is 9.53 Å². The summed E-state index contributed by atoms with van der Waals surface area (Å²) in [6, 6.07) is 13.5. The Kier molecular flexibility index (Phi) is 6.50. The van der Waals surface area contributed by atoms with Gasteiger partial charge in [-0.15, -0.1) is 0 Å². The lowest BCUT2D eigenvalue weighted by atomic mass is 9.96. The van der Waals surface area contributed by atoms with Gasteiger partial charge in [0.1, 0.15) is 4.53 Å². The zero-order valence-electron chi connectivity index (χ0n) is 17.3. The van der Waals surface area contributed by atoms with Gasteiger partial charge in [-0.25, -0.2) is 9.79 Å². The maximum Gasteiger partial charge on any atom is 0.338 e. The standard InChI is InChI=1S/C23H19Cl2N3O3S/c1-3-31-22(30)19-13(2)27-23-28(20(19)14-4-6-15(24)7-5-14)21(29)18(32-23)12-26-17-10-8-16(25)9-11-17/h4-12,20,26H,3H2,1-2H3/b18-12-/t20-/m1/s1. The zero-order valence-corrected chi connectivity index (χ0v) is 19.6. The molecule has 1 aliphatic heterocycles. The van der Waals surface area contributed by atoms with Crippen molar-refractivity contribution in [1.29, 1.82) is 0 Å². The van der Waals surface area contributed by atoms with E-state index in [2.05, 4.69) is 10.3 Å². The predicted molar refractivity (Wildman–Crippen MR) is 128 cm³/mol. The molecule has 1 atom stereocenters. The van der Waals surface area contributed by atoms with Gasteiger partial charge in [0, 0.05) is 21.9 Å². The second kappa shape index (κ2) is 9.32. The summed E-state index contributed by atoms with van der Waals surface area (Å²) >= 11 is 13.2. The molecule has 0 aliphatic carbocycles. The van der Waals surface area contributed by atoms with Crippen LogP contribution in [0.4, 0.5) is 5.69 Å². The average molecular weight is 488 g/mol. The van der Waals surface area contributed by atoms with Crippen LogP contribution in [0.25, 0.3) is 6.20 Å². The third-order valence-corrected chi connectivity index (χ3v) is 6.40. The van der Waals surface area contributed by atoms with Crippen LogP contribution in [0, 0.1) is 0 Å². The molecule has 0 radical (unpaired) electrons. The molecule has 0 saturated heterocycles. The highest BCUT2D eigenvalue weighted by atomic mass is 35.5. The zero-order chi connectivity index (χ0) is 22.8. The third kappa shape index (κ3) is 4.37. The fourth-order valence-corrected chi connectivity index (χ4v) is 4.67. The number of nitrogens with one attached hydrogen (secondary N) is 1. The van der Waals surface area contributed by atoms with Crippen LogP contribution in [0.15, 0.2) is 69.6 Å². The van der Waals surface area contributed by atoms with E-state index >= 15 is 0 Å². The van der Waals surface area contributed by atoms with E-state index in [1.165, 1.54) is 15.9 Å². The van der Waals surface area contributed by atoms with Crippen LogP contribution in [0.1, 0.15) is 25.5 Å². The SMILES string of the molecule is CCOC(=O)C1=C(C)N=c2s/c(=C\Nc3ccc(Cl)cc3)c(=O)n2[C@@H]1c1ccc(Cl)cc1.